The van der Waals surface area contributed by atoms with Crippen molar-refractivity contribution >= 4 is 23.2 Å². The van der Waals surface area contributed by atoms with Gasteiger partial charge in [-0.05, 0) is 43.5 Å². The first-order chi connectivity index (χ1) is 14.6. The predicted molar refractivity (Wildman–Crippen MR) is 112 cm³/mol. The van der Waals surface area contributed by atoms with Crippen molar-refractivity contribution in [3.8, 4) is 0 Å². The lowest BCUT2D eigenvalue weighted by atomic mass is 10.1. The lowest BCUT2D eigenvalue weighted by Crippen LogP contribution is -2.36. The summed E-state index contributed by atoms with van der Waals surface area (Å²) >= 11 is 0. The Balaban J connectivity index is 1.39. The number of carbonyl (C=O) groups excluding carboxylic acids is 1. The molecule has 0 saturated carbocycles. The molecule has 0 unspecified atom stereocenters. The van der Waals surface area contributed by atoms with E-state index in [1.807, 2.05) is 6.92 Å². The van der Waals surface area contributed by atoms with E-state index in [9.17, 15) is 14.0 Å². The summed E-state index contributed by atoms with van der Waals surface area (Å²) < 4.78 is 21.6. The molecule has 2 aromatic rings. The summed E-state index contributed by atoms with van der Waals surface area (Å²) in [6.45, 7) is 4.27. The molecule has 1 saturated heterocycles. The second kappa shape index (κ2) is 8.66. The van der Waals surface area contributed by atoms with Gasteiger partial charge in [0.2, 0.25) is 0 Å². The van der Waals surface area contributed by atoms with Gasteiger partial charge in [-0.3, -0.25) is 14.7 Å². The van der Waals surface area contributed by atoms with Crippen LogP contribution in [0.1, 0.15) is 12.5 Å². The van der Waals surface area contributed by atoms with Gasteiger partial charge >= 0.3 is 6.09 Å². The zero-order valence-corrected chi connectivity index (χ0v) is 16.7. The highest BCUT2D eigenvalue weighted by Crippen LogP contribution is 2.21. The maximum absolute atomic E-state index is 14.6. The molecule has 0 radical (unpaired) electrons. The number of aryl methyl sites for hydroxylation is 1. The molecule has 0 bridgehead atoms. The number of aromatic nitrogens is 1. The van der Waals surface area contributed by atoms with Gasteiger partial charge in [-0.2, -0.15) is 0 Å². The van der Waals surface area contributed by atoms with Gasteiger partial charge in [-0.15, -0.1) is 0 Å². The number of carbonyl (C=O) groups is 1. The van der Waals surface area contributed by atoms with Crippen molar-refractivity contribution in [2.45, 2.75) is 26.0 Å². The van der Waals surface area contributed by atoms with Gasteiger partial charge in [0.1, 0.15) is 17.7 Å². The smallest absolute Gasteiger partial charge is 0.415 e. The molecular weight excluding hydrogens is 389 g/mol. The number of hydrogen-bond donors (Lipinski definition) is 2. The minimum absolute atomic E-state index is 0.141. The number of cyclic esters (lactones) is 1. The van der Waals surface area contributed by atoms with Crippen LogP contribution in [0.15, 0.2) is 46.1 Å². The second-order valence-corrected chi connectivity index (χ2v) is 7.18. The fourth-order valence-electron chi connectivity index (χ4n) is 3.83. The Morgan fingerprint density at radius 2 is 2.13 bits per heavy atom. The molecule has 0 spiro atoms. The number of hydrogen-bond acceptors (Lipinski definition) is 6. The van der Waals surface area contributed by atoms with E-state index in [-0.39, 0.29) is 17.5 Å². The molecule has 0 aliphatic carbocycles. The Morgan fingerprint density at radius 3 is 2.90 bits per heavy atom. The van der Waals surface area contributed by atoms with Crippen LogP contribution >= 0.6 is 0 Å². The lowest BCUT2D eigenvalue weighted by molar-refractivity contribution is 0.133. The van der Waals surface area contributed by atoms with Crippen molar-refractivity contribution in [3.05, 3.63) is 58.0 Å². The largest absolute Gasteiger partial charge is 0.443 e. The summed E-state index contributed by atoms with van der Waals surface area (Å²) in [5.74, 6) is 0.298. The highest BCUT2D eigenvalue weighted by molar-refractivity contribution is 5.82. The van der Waals surface area contributed by atoms with E-state index >= 15 is 0 Å². The Morgan fingerprint density at radius 1 is 1.30 bits per heavy atom. The van der Waals surface area contributed by atoms with Gasteiger partial charge in [0.05, 0.1) is 24.8 Å². The van der Waals surface area contributed by atoms with Gasteiger partial charge in [-0.25, -0.2) is 9.18 Å². The van der Waals surface area contributed by atoms with Crippen molar-refractivity contribution < 1.29 is 13.9 Å². The quantitative estimate of drug-likeness (QED) is 0.673. The van der Waals surface area contributed by atoms with Crippen molar-refractivity contribution in [2.24, 2.45) is 4.99 Å². The van der Waals surface area contributed by atoms with Gasteiger partial charge in [-0.1, -0.05) is 0 Å². The number of halogens is 1. The number of nitrogens with one attached hydrogen (secondary N) is 2. The number of aliphatic imine (C=N–C) groups is 1. The molecule has 1 aromatic carbocycles. The summed E-state index contributed by atoms with van der Waals surface area (Å²) in [6, 6.07) is 6.36. The summed E-state index contributed by atoms with van der Waals surface area (Å²) in [5, 5.41) is 7.16. The zero-order chi connectivity index (χ0) is 21.1. The molecule has 2 N–H and O–H groups in total. The molecule has 1 amide bonds. The standard InChI is InChI=1S/C21H24FN5O3/c1-2-26-19(28)6-4-14-3-5-17(22)16(20(14)26)7-8-23-11-15-13-27(21(29)30-15)18-12-24-9-10-25-18/h3-6,9,12,15,23,25H,2,7-8,10-11,13H2,1H3/t15-/m0/s1. The SMILES string of the molecule is CCn1c(=O)ccc2ccc(F)c(CCNC[C@H]3CN(C4=CN=CCN4)C(=O)O3)c21. The van der Waals surface area contributed by atoms with Crippen molar-refractivity contribution in [3.63, 3.8) is 0 Å². The van der Waals surface area contributed by atoms with E-state index in [2.05, 4.69) is 15.6 Å². The van der Waals surface area contributed by atoms with Crippen molar-refractivity contribution in [1.29, 1.82) is 0 Å². The van der Waals surface area contributed by atoms with Gasteiger partial charge in [0, 0.05) is 30.9 Å². The molecular formula is C21H24FN5O3. The second-order valence-electron chi connectivity index (χ2n) is 7.18. The Labute approximate surface area is 173 Å². The Kier molecular flexibility index (Phi) is 5.80. The topological polar surface area (TPSA) is 88.0 Å². The third-order valence-corrected chi connectivity index (χ3v) is 5.28. The Bertz CT molecular complexity index is 1080. The molecule has 2 aliphatic rings. The van der Waals surface area contributed by atoms with Crippen LogP contribution in [0.4, 0.5) is 9.18 Å². The summed E-state index contributed by atoms with van der Waals surface area (Å²) in [5.41, 5.74) is 1.01. The van der Waals surface area contributed by atoms with Crippen LogP contribution in [0.5, 0.6) is 0 Å². The van der Waals surface area contributed by atoms with Crippen LogP contribution in [0.3, 0.4) is 0 Å². The number of nitrogens with zero attached hydrogens (tertiary/aromatic N) is 3. The van der Waals surface area contributed by atoms with Gasteiger partial charge < -0.3 is 19.9 Å². The summed E-state index contributed by atoms with van der Waals surface area (Å²) in [4.78, 5) is 29.8. The van der Waals surface area contributed by atoms with Crippen LogP contribution < -0.4 is 16.2 Å². The summed E-state index contributed by atoms with van der Waals surface area (Å²) in [7, 11) is 0. The minimum Gasteiger partial charge on any atom is -0.443 e. The van der Waals surface area contributed by atoms with Crippen LogP contribution in [0.25, 0.3) is 10.9 Å². The fourth-order valence-corrected chi connectivity index (χ4v) is 3.83. The first-order valence-electron chi connectivity index (χ1n) is 10.0. The Hall–Kier alpha value is -3.20. The highest BCUT2D eigenvalue weighted by Gasteiger charge is 2.33. The number of amides is 1. The van der Waals surface area contributed by atoms with Gasteiger partial charge in [0.25, 0.3) is 5.56 Å². The third-order valence-electron chi connectivity index (χ3n) is 5.28. The number of rotatable bonds is 7. The van der Waals surface area contributed by atoms with E-state index in [1.54, 1.807) is 29.1 Å². The molecule has 30 heavy (non-hydrogen) atoms. The first kappa shape index (κ1) is 20.1. The van der Waals surface area contributed by atoms with Gasteiger partial charge in [0.15, 0.2) is 0 Å². The van der Waals surface area contributed by atoms with E-state index in [1.165, 1.54) is 17.0 Å². The molecule has 1 atom stereocenters. The van der Waals surface area contributed by atoms with Crippen molar-refractivity contribution in [2.75, 3.05) is 26.2 Å². The molecule has 1 fully saturated rings. The van der Waals surface area contributed by atoms with E-state index in [4.69, 9.17) is 4.74 Å². The van der Waals surface area contributed by atoms with Crippen LogP contribution in [0.2, 0.25) is 0 Å². The summed E-state index contributed by atoms with van der Waals surface area (Å²) in [6.07, 6.45) is 3.01. The molecule has 8 nitrogen and oxygen atoms in total. The van der Waals surface area contributed by atoms with E-state index in [0.29, 0.717) is 56.0 Å². The number of pyridine rings is 1. The number of fused-ring (bicyclic) bond motifs is 1. The van der Waals surface area contributed by atoms with E-state index in [0.717, 1.165) is 5.39 Å². The first-order valence-corrected chi connectivity index (χ1v) is 10.0. The predicted octanol–water partition coefficient (Wildman–Crippen LogP) is 1.59. The fraction of sp³-hybridized carbons (Fsp3) is 0.381. The van der Waals surface area contributed by atoms with E-state index < -0.39 is 6.09 Å². The van der Waals surface area contributed by atoms with Crippen LogP contribution in [-0.2, 0) is 17.7 Å². The molecule has 4 rings (SSSR count). The average molecular weight is 413 g/mol. The average Bonchev–Trinajstić information content (AvgIpc) is 3.13. The molecule has 9 heteroatoms. The maximum atomic E-state index is 14.6. The number of ether oxygens (including phenoxy) is 1. The molecule has 2 aliphatic heterocycles. The van der Waals surface area contributed by atoms with Crippen LogP contribution in [0, 0.1) is 5.82 Å². The minimum atomic E-state index is -0.412. The number of benzene rings is 1. The zero-order valence-electron chi connectivity index (χ0n) is 16.7. The molecule has 158 valence electrons. The normalized spacial score (nSPS) is 18.5. The molecule has 3 heterocycles. The highest BCUT2D eigenvalue weighted by atomic mass is 19.1. The molecule has 1 aromatic heterocycles. The van der Waals surface area contributed by atoms with Crippen molar-refractivity contribution in [1.82, 2.24) is 20.1 Å². The third kappa shape index (κ3) is 3.93. The maximum Gasteiger partial charge on any atom is 0.415 e. The lowest BCUT2D eigenvalue weighted by Gasteiger charge is -2.19. The van der Waals surface area contributed by atoms with Crippen LogP contribution in [-0.4, -0.2) is 54.1 Å². The monoisotopic (exact) mass is 413 g/mol.